The van der Waals surface area contributed by atoms with Gasteiger partial charge in [-0.25, -0.2) is 14.5 Å². The van der Waals surface area contributed by atoms with Gasteiger partial charge < -0.3 is 4.74 Å². The van der Waals surface area contributed by atoms with Crippen LogP contribution in [0.1, 0.15) is 33.0 Å². The summed E-state index contributed by atoms with van der Waals surface area (Å²) >= 11 is 1.61. The Kier molecular flexibility index (Phi) is 3.71. The maximum atomic E-state index is 11.5. The maximum Gasteiger partial charge on any atom is 0.360 e. The van der Waals surface area contributed by atoms with Gasteiger partial charge in [-0.15, -0.1) is 16.4 Å². The zero-order valence-electron chi connectivity index (χ0n) is 10.5. The molecule has 2 aromatic rings. The Morgan fingerprint density at radius 2 is 2.33 bits per heavy atom. The lowest BCUT2D eigenvalue weighted by Crippen LogP contribution is -2.09. The van der Waals surface area contributed by atoms with Crippen LogP contribution in [0, 0.1) is 6.92 Å². The van der Waals surface area contributed by atoms with Crippen LogP contribution in [-0.2, 0) is 17.7 Å². The van der Waals surface area contributed by atoms with Gasteiger partial charge in [0.1, 0.15) is 0 Å². The second-order valence-electron chi connectivity index (χ2n) is 3.73. The van der Waals surface area contributed by atoms with Crippen molar-refractivity contribution in [2.45, 2.75) is 26.8 Å². The van der Waals surface area contributed by atoms with Gasteiger partial charge in [-0.3, -0.25) is 0 Å². The van der Waals surface area contributed by atoms with E-state index in [4.69, 9.17) is 0 Å². The monoisotopic (exact) mass is 266 g/mol. The third kappa shape index (κ3) is 2.40. The number of esters is 1. The van der Waals surface area contributed by atoms with Gasteiger partial charge in [0.05, 0.1) is 24.4 Å². The smallest absolute Gasteiger partial charge is 0.360 e. The Balaban J connectivity index is 2.28. The fourth-order valence-electron chi connectivity index (χ4n) is 1.69. The van der Waals surface area contributed by atoms with E-state index in [1.54, 1.807) is 16.0 Å². The first kappa shape index (κ1) is 12.7. The first-order valence-corrected chi connectivity index (χ1v) is 6.39. The molecule has 96 valence electrons. The lowest BCUT2D eigenvalue weighted by Gasteiger charge is -2.03. The van der Waals surface area contributed by atoms with E-state index in [1.807, 2.05) is 20.0 Å². The standard InChI is InChI=1S/C11H14N4O2S/c1-4-9-10(11(16)17-3)13-14-15(9)6-8-5-12-7(2)18-8/h5H,4,6H2,1-3H3. The Morgan fingerprint density at radius 3 is 2.89 bits per heavy atom. The number of aromatic nitrogens is 4. The molecule has 7 heteroatoms. The summed E-state index contributed by atoms with van der Waals surface area (Å²) in [6.45, 7) is 4.49. The second-order valence-corrected chi connectivity index (χ2v) is 5.05. The van der Waals surface area contributed by atoms with Crippen molar-refractivity contribution in [1.82, 2.24) is 20.0 Å². The summed E-state index contributed by atoms with van der Waals surface area (Å²) in [5, 5.41) is 8.90. The van der Waals surface area contributed by atoms with Crippen molar-refractivity contribution in [3.8, 4) is 0 Å². The highest BCUT2D eigenvalue weighted by Gasteiger charge is 2.19. The molecule has 0 N–H and O–H groups in total. The van der Waals surface area contributed by atoms with Gasteiger partial charge in [0.25, 0.3) is 0 Å². The van der Waals surface area contributed by atoms with Gasteiger partial charge in [0.2, 0.25) is 0 Å². The molecule has 0 saturated carbocycles. The molecule has 0 radical (unpaired) electrons. The number of rotatable bonds is 4. The molecule has 0 saturated heterocycles. The number of hydrogen-bond donors (Lipinski definition) is 0. The predicted molar refractivity (Wildman–Crippen MR) is 66.7 cm³/mol. The molecular formula is C11H14N4O2S. The molecule has 0 aromatic carbocycles. The normalized spacial score (nSPS) is 10.6. The molecule has 18 heavy (non-hydrogen) atoms. The number of nitrogens with zero attached hydrogens (tertiary/aromatic N) is 4. The van der Waals surface area contributed by atoms with Crippen LogP contribution < -0.4 is 0 Å². The number of methoxy groups -OCH3 is 1. The molecule has 0 aliphatic heterocycles. The molecule has 6 nitrogen and oxygen atoms in total. The van der Waals surface area contributed by atoms with Crippen molar-refractivity contribution in [1.29, 1.82) is 0 Å². The molecule has 2 rings (SSSR count). The Hall–Kier alpha value is -1.76. The molecular weight excluding hydrogens is 252 g/mol. The minimum Gasteiger partial charge on any atom is -0.464 e. The molecule has 0 bridgehead atoms. The zero-order valence-corrected chi connectivity index (χ0v) is 11.3. The summed E-state index contributed by atoms with van der Waals surface area (Å²) < 4.78 is 6.40. The van der Waals surface area contributed by atoms with E-state index in [0.29, 0.717) is 18.7 Å². The van der Waals surface area contributed by atoms with Gasteiger partial charge in [-0.1, -0.05) is 12.1 Å². The zero-order chi connectivity index (χ0) is 13.1. The number of hydrogen-bond acceptors (Lipinski definition) is 6. The molecule has 0 amide bonds. The van der Waals surface area contributed by atoms with Crippen molar-refractivity contribution >= 4 is 17.3 Å². The molecule has 2 heterocycles. The highest BCUT2D eigenvalue weighted by molar-refractivity contribution is 7.11. The van der Waals surface area contributed by atoms with E-state index in [9.17, 15) is 4.79 Å². The summed E-state index contributed by atoms with van der Waals surface area (Å²) in [5.74, 6) is -0.446. The highest BCUT2D eigenvalue weighted by Crippen LogP contribution is 2.15. The minimum atomic E-state index is -0.446. The molecule has 2 aromatic heterocycles. The first-order valence-electron chi connectivity index (χ1n) is 5.57. The second kappa shape index (κ2) is 5.26. The van der Waals surface area contributed by atoms with Gasteiger partial charge in [0, 0.05) is 11.1 Å². The lowest BCUT2D eigenvalue weighted by molar-refractivity contribution is 0.0592. The average molecular weight is 266 g/mol. The molecule has 0 spiro atoms. The van der Waals surface area contributed by atoms with Crippen LogP contribution in [0.15, 0.2) is 6.20 Å². The van der Waals surface area contributed by atoms with E-state index >= 15 is 0 Å². The number of aryl methyl sites for hydroxylation is 1. The molecule has 0 atom stereocenters. The van der Waals surface area contributed by atoms with Crippen LogP contribution in [0.5, 0.6) is 0 Å². The van der Waals surface area contributed by atoms with Crippen molar-refractivity contribution in [3.05, 3.63) is 27.5 Å². The summed E-state index contributed by atoms with van der Waals surface area (Å²) in [6.07, 6.45) is 2.49. The Morgan fingerprint density at radius 1 is 1.56 bits per heavy atom. The van der Waals surface area contributed by atoms with E-state index in [-0.39, 0.29) is 0 Å². The summed E-state index contributed by atoms with van der Waals surface area (Å²) in [6, 6.07) is 0. The van der Waals surface area contributed by atoms with Crippen LogP contribution >= 0.6 is 11.3 Å². The predicted octanol–water partition coefficient (Wildman–Crippen LogP) is 1.44. The topological polar surface area (TPSA) is 69.9 Å². The van der Waals surface area contributed by atoms with Crippen molar-refractivity contribution in [2.75, 3.05) is 7.11 Å². The van der Waals surface area contributed by atoms with Crippen LogP contribution in [0.3, 0.4) is 0 Å². The molecule has 0 aliphatic rings. The van der Waals surface area contributed by atoms with Gasteiger partial charge in [0.15, 0.2) is 5.69 Å². The van der Waals surface area contributed by atoms with Gasteiger partial charge in [-0.05, 0) is 13.3 Å². The number of carbonyl (C=O) groups excluding carboxylic acids is 1. The summed E-state index contributed by atoms with van der Waals surface area (Å²) in [5.41, 5.74) is 1.08. The largest absolute Gasteiger partial charge is 0.464 e. The highest BCUT2D eigenvalue weighted by atomic mass is 32.1. The molecule has 0 aliphatic carbocycles. The Bertz CT molecular complexity index is 561. The lowest BCUT2D eigenvalue weighted by atomic mass is 10.2. The van der Waals surface area contributed by atoms with E-state index in [0.717, 1.165) is 15.6 Å². The summed E-state index contributed by atoms with van der Waals surface area (Å²) in [7, 11) is 1.34. The fraction of sp³-hybridized carbons (Fsp3) is 0.455. The van der Waals surface area contributed by atoms with E-state index in [1.165, 1.54) is 7.11 Å². The van der Waals surface area contributed by atoms with Crippen molar-refractivity contribution < 1.29 is 9.53 Å². The van der Waals surface area contributed by atoms with Gasteiger partial charge in [-0.2, -0.15) is 0 Å². The number of carbonyl (C=O) groups is 1. The number of ether oxygens (including phenoxy) is 1. The minimum absolute atomic E-state index is 0.293. The first-order chi connectivity index (χ1) is 8.65. The SMILES string of the molecule is CCc1c(C(=O)OC)nnn1Cc1cnc(C)s1. The van der Waals surface area contributed by atoms with Crippen molar-refractivity contribution in [3.63, 3.8) is 0 Å². The Labute approximate surface area is 109 Å². The number of thiazole rings is 1. The van der Waals surface area contributed by atoms with Crippen LogP contribution in [0.2, 0.25) is 0 Å². The molecule has 0 fully saturated rings. The quantitative estimate of drug-likeness (QED) is 0.783. The third-order valence-electron chi connectivity index (χ3n) is 2.53. The maximum absolute atomic E-state index is 11.5. The van der Waals surface area contributed by atoms with Crippen LogP contribution in [0.25, 0.3) is 0 Å². The van der Waals surface area contributed by atoms with Crippen molar-refractivity contribution in [2.24, 2.45) is 0 Å². The third-order valence-corrected chi connectivity index (χ3v) is 3.42. The summed E-state index contributed by atoms with van der Waals surface area (Å²) in [4.78, 5) is 16.8. The van der Waals surface area contributed by atoms with Crippen LogP contribution in [0.4, 0.5) is 0 Å². The molecule has 0 unspecified atom stereocenters. The average Bonchev–Trinajstić information content (AvgIpc) is 2.95. The van der Waals surface area contributed by atoms with Gasteiger partial charge >= 0.3 is 5.97 Å². The van der Waals surface area contributed by atoms with Crippen LogP contribution in [-0.4, -0.2) is 33.1 Å². The van der Waals surface area contributed by atoms with E-state index in [2.05, 4.69) is 20.0 Å². The van der Waals surface area contributed by atoms with E-state index < -0.39 is 5.97 Å². The fourth-order valence-corrected chi connectivity index (χ4v) is 2.47.